The number of rotatable bonds is 20. The lowest BCUT2D eigenvalue weighted by Crippen LogP contribution is -2.19. The van der Waals surface area contributed by atoms with E-state index in [1.54, 1.807) is 35.2 Å². The molecule has 133 heavy (non-hydrogen) atoms. The zero-order chi connectivity index (χ0) is 96.7. The van der Waals surface area contributed by atoms with Crippen LogP contribution in [0.15, 0.2) is 187 Å². The predicted octanol–water partition coefficient (Wildman–Crippen LogP) is 28.0. The first-order valence-electron chi connectivity index (χ1n) is 42.9. The number of aryl methyl sites for hydroxylation is 16. The Labute approximate surface area is 788 Å². The molecule has 0 atom stereocenters. The summed E-state index contributed by atoms with van der Waals surface area (Å²) in [5.41, 5.74) is 28.9. The molecule has 0 saturated heterocycles. The average Bonchev–Trinajstić information content (AvgIpc) is 1.41. The molecular formula is C104H100Cl3F3N18O5. The lowest BCUT2D eigenvalue weighted by atomic mass is 10.00. The van der Waals surface area contributed by atoms with Gasteiger partial charge in [-0.2, -0.15) is 39.5 Å². The Bertz CT molecular complexity index is 6280. The van der Waals surface area contributed by atoms with Crippen molar-refractivity contribution < 1.29 is 35.8 Å². The summed E-state index contributed by atoms with van der Waals surface area (Å²) in [7, 11) is 0. The highest BCUT2D eigenvalue weighted by Crippen LogP contribution is 2.44. The predicted molar refractivity (Wildman–Crippen MR) is 518 cm³/mol. The van der Waals surface area contributed by atoms with Gasteiger partial charge in [0.2, 0.25) is 0 Å². The number of nitriles is 5. The number of alkyl halides is 3. The summed E-state index contributed by atoms with van der Waals surface area (Å²) in [6.07, 6.45) is 0.595. The molecule has 0 amide bonds. The zero-order valence-electron chi connectivity index (χ0n) is 78.0. The van der Waals surface area contributed by atoms with E-state index in [9.17, 15) is 18.4 Å². The lowest BCUT2D eigenvalue weighted by Gasteiger charge is -2.27. The number of hydrogen-bond donors (Lipinski definition) is 0. The van der Waals surface area contributed by atoms with Gasteiger partial charge in [-0.1, -0.05) is 97.0 Å². The third-order valence-electron chi connectivity index (χ3n) is 22.8. The van der Waals surface area contributed by atoms with Crippen LogP contribution in [0.4, 0.5) is 70.2 Å². The van der Waals surface area contributed by atoms with Crippen LogP contribution in [0.2, 0.25) is 15.1 Å². The molecular weight excluding hydrogens is 1740 g/mol. The highest BCUT2D eigenvalue weighted by atomic mass is 35.5. The molecule has 15 rings (SSSR count). The highest BCUT2D eigenvalue weighted by molar-refractivity contribution is 6.32. The molecule has 0 N–H and O–H groups in total. The highest BCUT2D eigenvalue weighted by Gasteiger charge is 2.35. The van der Waals surface area contributed by atoms with Crippen LogP contribution >= 0.6 is 34.8 Å². The van der Waals surface area contributed by atoms with Crippen LogP contribution in [-0.4, -0.2) is 73.5 Å². The Morgan fingerprint density at radius 3 is 0.977 bits per heavy atom. The fourth-order valence-corrected chi connectivity index (χ4v) is 16.7. The summed E-state index contributed by atoms with van der Waals surface area (Å²) in [4.78, 5) is 24.0. The first-order chi connectivity index (χ1) is 63.5. The maximum absolute atomic E-state index is 13.4. The Hall–Kier alpha value is -14.9. The van der Waals surface area contributed by atoms with Crippen molar-refractivity contribution in [2.75, 3.05) is 57.2 Å². The van der Waals surface area contributed by atoms with E-state index in [0.29, 0.717) is 67.7 Å². The third kappa shape index (κ3) is 21.9. The molecule has 7 aromatic carbocycles. The van der Waals surface area contributed by atoms with Gasteiger partial charge < -0.3 is 47.1 Å². The molecule has 0 bridgehead atoms. The lowest BCUT2D eigenvalue weighted by molar-refractivity contribution is -0.137. The van der Waals surface area contributed by atoms with E-state index in [4.69, 9.17) is 78.5 Å². The molecule has 0 unspecified atom stereocenters. The van der Waals surface area contributed by atoms with E-state index >= 15 is 0 Å². The molecule has 23 nitrogen and oxygen atoms in total. The van der Waals surface area contributed by atoms with E-state index in [1.165, 1.54) is 17.8 Å². The molecule has 8 aromatic heterocycles. The molecule has 0 aliphatic rings. The van der Waals surface area contributed by atoms with Crippen molar-refractivity contribution in [2.45, 2.75) is 152 Å². The van der Waals surface area contributed by atoms with E-state index in [0.717, 1.165) is 206 Å². The number of halogens is 6. The Kier molecular flexibility index (Phi) is 32.1. The van der Waals surface area contributed by atoms with Crippen LogP contribution < -0.4 is 24.5 Å². The quantitative estimate of drug-likeness (QED) is 0.0684. The van der Waals surface area contributed by atoms with Crippen LogP contribution in [0.1, 0.15) is 159 Å². The normalized spacial score (nSPS) is 10.8. The van der Waals surface area contributed by atoms with Crippen molar-refractivity contribution in [2.24, 2.45) is 0 Å². The zero-order valence-corrected chi connectivity index (χ0v) is 80.3. The van der Waals surface area contributed by atoms with Crippen molar-refractivity contribution in [3.8, 4) is 86.1 Å². The van der Waals surface area contributed by atoms with Crippen molar-refractivity contribution in [3.63, 3.8) is 0 Å². The standard InChI is InChI=1S/C22H20F3N3O.C22H23N3O.3C20H19ClN4O/c1-5-28(18-9-8-17(12-26)19(11-18)22(23,24)25)20-10-16(7-6-13(20)2)21-14(3)27-29-15(21)4;1-6-25(20-10-9-19(13-23)15(3)11-20)21-12-18(8-7-14(21)2)22-16(4)24-26-17(22)5;1-5-25(17-7-6-15(10-22)18(21)9-17)19-8-16(11-23-12(19)2)20-13(3)24-26-14(20)4;1-5-25(16-7-6-15(10-22)17(21)8-16)19-9-18(23-11-12(19)2)20-13(3)24-26-14(20)4;1-5-25(19-9-17(21)16(10-22)11-23-19)18-8-15(7-6-12(18)2)20-13(3)24-26-14(20)4/h6-11H,5H2,1-4H3;7-12H,6H2,1-5H3;3*6-9,11H,5H2,1-4H3. The van der Waals surface area contributed by atoms with Gasteiger partial charge in [0.15, 0.2) is 0 Å². The van der Waals surface area contributed by atoms with Crippen LogP contribution in [0.3, 0.4) is 0 Å². The molecule has 0 saturated carbocycles. The molecule has 0 spiro atoms. The molecule has 0 radical (unpaired) electrons. The largest absolute Gasteiger partial charge is 0.417 e. The van der Waals surface area contributed by atoms with E-state index < -0.39 is 17.3 Å². The first-order valence-corrected chi connectivity index (χ1v) is 44.0. The first kappa shape index (κ1) is 98.7. The summed E-state index contributed by atoms with van der Waals surface area (Å²) in [5.74, 6) is 4.51. The van der Waals surface area contributed by atoms with Crippen molar-refractivity contribution >= 4 is 91.8 Å². The van der Waals surface area contributed by atoms with Gasteiger partial charge in [0.05, 0.1) is 112 Å². The second-order valence-corrected chi connectivity index (χ2v) is 32.8. The fraction of sp³-hybridized carbons (Fsp3) is 0.260. The van der Waals surface area contributed by atoms with Crippen molar-refractivity contribution in [3.05, 3.63) is 303 Å². The molecule has 15 aromatic rings. The van der Waals surface area contributed by atoms with Gasteiger partial charge in [0.25, 0.3) is 0 Å². The number of aromatic nitrogens is 8. The minimum atomic E-state index is -4.60. The minimum Gasteiger partial charge on any atom is -0.361 e. The van der Waals surface area contributed by atoms with E-state index in [2.05, 4.69) is 169 Å². The van der Waals surface area contributed by atoms with Crippen LogP contribution in [0.25, 0.3) is 55.8 Å². The Morgan fingerprint density at radius 1 is 0.293 bits per heavy atom. The number of anilines is 10. The summed E-state index contributed by atoms with van der Waals surface area (Å²) in [6.45, 7) is 44.7. The smallest absolute Gasteiger partial charge is 0.361 e. The average molecular weight is 1850 g/mol. The topological polar surface area (TPSA) is 304 Å². The van der Waals surface area contributed by atoms with Gasteiger partial charge in [-0.3, -0.25) is 9.97 Å². The van der Waals surface area contributed by atoms with Gasteiger partial charge >= 0.3 is 6.18 Å². The van der Waals surface area contributed by atoms with Crippen molar-refractivity contribution in [1.82, 2.24) is 40.7 Å². The third-order valence-corrected chi connectivity index (χ3v) is 23.7. The summed E-state index contributed by atoms with van der Waals surface area (Å²) in [5, 5.41) is 66.9. The fourth-order valence-electron chi connectivity index (χ4n) is 16.0. The molecule has 8 heterocycles. The number of nitrogens with zero attached hydrogens (tertiary/aromatic N) is 18. The molecule has 29 heteroatoms. The SMILES string of the molecule is CCN(c1cc(Cl)c(C#N)cn1)c1cc(-c2c(C)noc2C)ccc1C.CCN(c1ccc(C#N)c(C(F)(F)F)c1)c1cc(-c2c(C)noc2C)ccc1C.CCN(c1ccc(C#N)c(C)c1)c1cc(-c2c(C)noc2C)ccc1C.CCN(c1ccc(C#N)c(Cl)c1)c1cc(-c2c(C)noc2C)cnc1C.CCN(c1ccc(C#N)c(Cl)c1)c1cc(-c2c(C)noc2C)ncc1C. The molecule has 0 fully saturated rings. The molecule has 678 valence electrons. The minimum absolute atomic E-state index is 0.368. The van der Waals surface area contributed by atoms with E-state index in [1.807, 2.05) is 183 Å². The monoisotopic (exact) mass is 1840 g/mol. The molecule has 0 aliphatic carbocycles. The van der Waals surface area contributed by atoms with Crippen LogP contribution in [-0.2, 0) is 6.18 Å². The summed E-state index contributed by atoms with van der Waals surface area (Å²) < 4.78 is 66.7. The maximum Gasteiger partial charge on any atom is 0.417 e. The van der Waals surface area contributed by atoms with Crippen molar-refractivity contribution in [1.29, 1.82) is 26.3 Å². The van der Waals surface area contributed by atoms with Crippen LogP contribution in [0.5, 0.6) is 0 Å². The molecule has 0 aliphatic heterocycles. The summed E-state index contributed by atoms with van der Waals surface area (Å²) in [6, 6.07) is 55.1. The summed E-state index contributed by atoms with van der Waals surface area (Å²) >= 11 is 18.7. The second kappa shape index (κ2) is 43.3. The van der Waals surface area contributed by atoms with Gasteiger partial charge in [0, 0.05) is 131 Å². The number of benzene rings is 7. The van der Waals surface area contributed by atoms with Gasteiger partial charge in [-0.15, -0.1) is 0 Å². The van der Waals surface area contributed by atoms with Gasteiger partial charge in [0.1, 0.15) is 52.8 Å². The maximum atomic E-state index is 13.4. The van der Waals surface area contributed by atoms with Gasteiger partial charge in [-0.05, 0) is 293 Å². The Morgan fingerprint density at radius 2 is 0.624 bits per heavy atom. The number of hydrogen-bond acceptors (Lipinski definition) is 23. The second-order valence-electron chi connectivity index (χ2n) is 31.5. The van der Waals surface area contributed by atoms with Crippen LogP contribution in [0, 0.1) is 167 Å². The van der Waals surface area contributed by atoms with E-state index in [-0.39, 0.29) is 0 Å². The number of pyridine rings is 3. The Balaban J connectivity index is 0.000000160. The van der Waals surface area contributed by atoms with Gasteiger partial charge in [-0.25, -0.2) is 4.98 Å².